The highest BCUT2D eigenvalue weighted by Crippen LogP contribution is 2.29. The zero-order chi connectivity index (χ0) is 22.4. The number of amides is 2. The fraction of sp³-hybridized carbons (Fsp3) is 0.364. The lowest BCUT2D eigenvalue weighted by atomic mass is 9.87. The van der Waals surface area contributed by atoms with Gasteiger partial charge in [0.15, 0.2) is 0 Å². The number of carbonyl (C=O) groups is 2. The van der Waals surface area contributed by atoms with Gasteiger partial charge >= 0.3 is 0 Å². The predicted molar refractivity (Wildman–Crippen MR) is 123 cm³/mol. The van der Waals surface area contributed by atoms with Gasteiger partial charge in [-0.2, -0.15) is 11.8 Å². The minimum absolute atomic E-state index is 0.0470. The first kappa shape index (κ1) is 23.1. The molecule has 0 saturated carbocycles. The van der Waals surface area contributed by atoms with Crippen LogP contribution in [0.1, 0.15) is 46.8 Å². The summed E-state index contributed by atoms with van der Waals surface area (Å²) in [5.41, 5.74) is 2.09. The lowest BCUT2D eigenvalue weighted by Gasteiger charge is -2.28. The first-order valence-electron chi connectivity index (χ1n) is 10.0. The first-order valence-corrected chi connectivity index (χ1v) is 11.8. The monoisotopic (exact) mass is 461 g/mol. The van der Waals surface area contributed by atoms with Gasteiger partial charge in [0.2, 0.25) is 5.91 Å². The van der Waals surface area contributed by atoms with Gasteiger partial charge in [-0.15, -0.1) is 0 Å². The number of fused-ring (bicyclic) bond motifs is 1. The van der Waals surface area contributed by atoms with Crippen molar-refractivity contribution < 1.29 is 14.5 Å². The molecule has 7 nitrogen and oxygen atoms in total. The maximum absolute atomic E-state index is 13.1. The van der Waals surface area contributed by atoms with E-state index in [9.17, 15) is 19.7 Å². The molecular formula is C22H24ClN3O4S. The number of nitro benzene ring substituents is 1. The molecule has 0 heterocycles. The van der Waals surface area contributed by atoms with Crippen molar-refractivity contribution in [2.45, 2.75) is 37.8 Å². The molecule has 2 N–H and O–H groups in total. The van der Waals surface area contributed by atoms with Crippen molar-refractivity contribution in [3.8, 4) is 0 Å². The molecule has 31 heavy (non-hydrogen) atoms. The van der Waals surface area contributed by atoms with E-state index in [0.29, 0.717) is 12.2 Å². The van der Waals surface area contributed by atoms with Crippen LogP contribution in [0.3, 0.4) is 0 Å². The summed E-state index contributed by atoms with van der Waals surface area (Å²) in [5.74, 6) is -0.127. The van der Waals surface area contributed by atoms with Crippen LogP contribution in [0.4, 0.5) is 5.69 Å². The van der Waals surface area contributed by atoms with Gasteiger partial charge in [0.05, 0.1) is 11.0 Å². The Balaban J connectivity index is 1.74. The van der Waals surface area contributed by atoms with E-state index in [0.717, 1.165) is 30.9 Å². The fourth-order valence-corrected chi connectivity index (χ4v) is 4.37. The third-order valence-corrected chi connectivity index (χ3v) is 6.29. The highest BCUT2D eigenvalue weighted by molar-refractivity contribution is 7.98. The van der Waals surface area contributed by atoms with E-state index < -0.39 is 16.9 Å². The molecule has 0 saturated heterocycles. The number of thioether (sulfide) groups is 1. The standard InChI is InChI=1S/C22H24ClN3O4S/c1-31-12-11-19(25-21(27)15-9-10-17(23)20(13-15)26(29)30)22(28)24-18-8-4-6-14-5-2-3-7-16(14)18/h2-3,5,7,9-10,13,18-19H,4,6,8,11-12H2,1H3,(H,24,28)(H,25,27)/t18-,19+/m0/s1. The second kappa shape index (κ2) is 10.6. The van der Waals surface area contributed by atoms with Gasteiger partial charge in [0.25, 0.3) is 11.6 Å². The fourth-order valence-electron chi connectivity index (χ4n) is 3.72. The van der Waals surface area contributed by atoms with Crippen LogP contribution in [-0.2, 0) is 11.2 Å². The minimum atomic E-state index is -0.747. The largest absolute Gasteiger partial charge is 0.348 e. The predicted octanol–water partition coefficient (Wildman–Crippen LogP) is 4.29. The van der Waals surface area contributed by atoms with E-state index in [1.807, 2.05) is 24.5 Å². The lowest BCUT2D eigenvalue weighted by molar-refractivity contribution is -0.384. The number of rotatable bonds is 8. The number of benzene rings is 2. The summed E-state index contributed by atoms with van der Waals surface area (Å²) in [7, 11) is 0. The van der Waals surface area contributed by atoms with Gasteiger partial charge in [-0.3, -0.25) is 19.7 Å². The number of hydrogen-bond acceptors (Lipinski definition) is 5. The third kappa shape index (κ3) is 5.77. The zero-order valence-corrected chi connectivity index (χ0v) is 18.7. The maximum atomic E-state index is 13.1. The van der Waals surface area contributed by atoms with Crippen LogP contribution in [0.2, 0.25) is 5.02 Å². The molecular weight excluding hydrogens is 438 g/mol. The van der Waals surface area contributed by atoms with Gasteiger partial charge in [-0.25, -0.2) is 0 Å². The Kier molecular flexibility index (Phi) is 7.92. The summed E-state index contributed by atoms with van der Waals surface area (Å²) in [6.45, 7) is 0. The third-order valence-electron chi connectivity index (χ3n) is 5.32. The molecule has 2 amide bonds. The highest BCUT2D eigenvalue weighted by Gasteiger charge is 2.27. The van der Waals surface area contributed by atoms with E-state index in [1.54, 1.807) is 11.8 Å². The number of carbonyl (C=O) groups excluding carboxylic acids is 2. The van der Waals surface area contributed by atoms with Gasteiger partial charge < -0.3 is 10.6 Å². The van der Waals surface area contributed by atoms with E-state index in [-0.39, 0.29) is 28.2 Å². The topological polar surface area (TPSA) is 101 Å². The molecule has 2 aromatic carbocycles. The van der Waals surface area contributed by atoms with E-state index in [4.69, 9.17) is 11.6 Å². The van der Waals surface area contributed by atoms with Crippen molar-refractivity contribution in [3.05, 3.63) is 74.3 Å². The summed E-state index contributed by atoms with van der Waals surface area (Å²) >= 11 is 7.41. The first-order chi connectivity index (χ1) is 14.9. The molecule has 2 atom stereocenters. The second-order valence-corrected chi connectivity index (χ2v) is 8.78. The molecule has 1 aliphatic rings. The minimum Gasteiger partial charge on any atom is -0.348 e. The molecule has 164 valence electrons. The Morgan fingerprint density at radius 3 is 2.81 bits per heavy atom. The van der Waals surface area contributed by atoms with Crippen molar-refractivity contribution >= 4 is 40.9 Å². The smallest absolute Gasteiger partial charge is 0.288 e. The summed E-state index contributed by atoms with van der Waals surface area (Å²) in [4.78, 5) is 36.3. The van der Waals surface area contributed by atoms with Gasteiger partial charge in [0.1, 0.15) is 11.1 Å². The molecule has 3 rings (SSSR count). The Labute approximate surface area is 190 Å². The molecule has 0 unspecified atom stereocenters. The SMILES string of the molecule is CSCC[C@@H](NC(=O)c1ccc(Cl)c([N+](=O)[O-])c1)C(=O)N[C@H]1CCCc2ccccc21. The average molecular weight is 462 g/mol. The molecule has 9 heteroatoms. The number of nitrogens with zero attached hydrogens (tertiary/aromatic N) is 1. The van der Waals surface area contributed by atoms with Crippen molar-refractivity contribution in [1.82, 2.24) is 10.6 Å². The zero-order valence-electron chi connectivity index (χ0n) is 17.1. The van der Waals surface area contributed by atoms with Crippen LogP contribution in [0.15, 0.2) is 42.5 Å². The highest BCUT2D eigenvalue weighted by atomic mass is 35.5. The lowest BCUT2D eigenvalue weighted by Crippen LogP contribution is -2.48. The van der Waals surface area contributed by atoms with Crippen molar-refractivity contribution in [3.63, 3.8) is 0 Å². The molecule has 0 spiro atoms. The normalized spacial score (nSPS) is 16.1. The van der Waals surface area contributed by atoms with Gasteiger partial charge in [-0.05, 0) is 61.0 Å². The van der Waals surface area contributed by atoms with Gasteiger partial charge in [-0.1, -0.05) is 35.9 Å². The summed E-state index contributed by atoms with van der Waals surface area (Å²) in [6.07, 6.45) is 5.19. The van der Waals surface area contributed by atoms with Crippen molar-refractivity contribution in [2.24, 2.45) is 0 Å². The Morgan fingerprint density at radius 2 is 2.06 bits per heavy atom. The molecule has 0 aliphatic heterocycles. The maximum Gasteiger partial charge on any atom is 0.288 e. The summed E-state index contributed by atoms with van der Waals surface area (Å²) in [5, 5.41) is 16.9. The van der Waals surface area contributed by atoms with Crippen LogP contribution in [0, 0.1) is 10.1 Å². The number of aryl methyl sites for hydroxylation is 1. The van der Waals surface area contributed by atoms with Crippen molar-refractivity contribution in [1.29, 1.82) is 0 Å². The number of nitrogens with one attached hydrogen (secondary N) is 2. The number of halogens is 1. The summed E-state index contributed by atoms with van der Waals surface area (Å²) < 4.78 is 0. The second-order valence-electron chi connectivity index (χ2n) is 7.38. The summed E-state index contributed by atoms with van der Waals surface area (Å²) in [6, 6.07) is 11.1. The molecule has 0 bridgehead atoms. The van der Waals surface area contributed by atoms with Crippen molar-refractivity contribution in [2.75, 3.05) is 12.0 Å². The van der Waals surface area contributed by atoms with E-state index in [1.165, 1.54) is 17.7 Å². The van der Waals surface area contributed by atoms with E-state index in [2.05, 4.69) is 16.7 Å². The molecule has 0 aromatic heterocycles. The quantitative estimate of drug-likeness (QED) is 0.451. The molecule has 0 fully saturated rings. The number of hydrogen-bond donors (Lipinski definition) is 2. The van der Waals surface area contributed by atoms with Crippen LogP contribution >= 0.6 is 23.4 Å². The Morgan fingerprint density at radius 1 is 1.29 bits per heavy atom. The molecule has 1 aliphatic carbocycles. The van der Waals surface area contributed by atoms with Crippen LogP contribution in [0.25, 0.3) is 0 Å². The van der Waals surface area contributed by atoms with Crippen LogP contribution < -0.4 is 10.6 Å². The molecule has 2 aromatic rings. The van der Waals surface area contributed by atoms with Crippen LogP contribution in [0.5, 0.6) is 0 Å². The van der Waals surface area contributed by atoms with Gasteiger partial charge in [0, 0.05) is 11.6 Å². The Hall–Kier alpha value is -2.58. The van der Waals surface area contributed by atoms with E-state index >= 15 is 0 Å². The molecule has 0 radical (unpaired) electrons. The Bertz CT molecular complexity index is 985. The van der Waals surface area contributed by atoms with Crippen LogP contribution in [-0.4, -0.2) is 34.8 Å². The average Bonchev–Trinajstić information content (AvgIpc) is 2.76. The number of nitro groups is 1.